The van der Waals surface area contributed by atoms with Crippen molar-refractivity contribution >= 4 is 0 Å². The third-order valence-corrected chi connectivity index (χ3v) is 2.52. The summed E-state index contributed by atoms with van der Waals surface area (Å²) in [5.74, 6) is 1.71. The Morgan fingerprint density at radius 3 is 2.56 bits per heavy atom. The van der Waals surface area contributed by atoms with Crippen molar-refractivity contribution in [2.75, 3.05) is 7.11 Å². The van der Waals surface area contributed by atoms with E-state index in [0.29, 0.717) is 6.54 Å². The highest BCUT2D eigenvalue weighted by Gasteiger charge is 2.07. The topological polar surface area (TPSA) is 53.1 Å². The maximum atomic E-state index is 5.65. The molecule has 0 amide bonds. The Hall–Kier alpha value is -1.81. The van der Waals surface area contributed by atoms with Crippen LogP contribution < -0.4 is 10.5 Å². The van der Waals surface area contributed by atoms with Crippen LogP contribution in [0.4, 0.5) is 0 Å². The molecule has 0 saturated carbocycles. The van der Waals surface area contributed by atoms with Gasteiger partial charge in [-0.25, -0.2) is 4.98 Å². The van der Waals surface area contributed by atoms with E-state index in [-0.39, 0.29) is 0 Å². The van der Waals surface area contributed by atoms with Crippen LogP contribution in [0.2, 0.25) is 0 Å². The van der Waals surface area contributed by atoms with Gasteiger partial charge in [0.2, 0.25) is 0 Å². The minimum absolute atomic E-state index is 0.430. The SMILES string of the molecule is COc1ccc(-n2c(C)cnc2CN)cc1. The lowest BCUT2D eigenvalue weighted by molar-refractivity contribution is 0.414. The maximum absolute atomic E-state index is 5.65. The van der Waals surface area contributed by atoms with Crippen LogP contribution in [0.15, 0.2) is 30.5 Å². The number of ether oxygens (including phenoxy) is 1. The van der Waals surface area contributed by atoms with Crippen LogP contribution in [0, 0.1) is 6.92 Å². The molecule has 0 unspecified atom stereocenters. The number of nitrogens with zero attached hydrogens (tertiary/aromatic N) is 2. The second kappa shape index (κ2) is 4.37. The summed E-state index contributed by atoms with van der Waals surface area (Å²) < 4.78 is 7.16. The minimum atomic E-state index is 0.430. The second-order valence-corrected chi connectivity index (χ2v) is 3.55. The number of benzene rings is 1. The van der Waals surface area contributed by atoms with Crippen LogP contribution in [-0.4, -0.2) is 16.7 Å². The van der Waals surface area contributed by atoms with Crippen LogP contribution in [0.25, 0.3) is 5.69 Å². The summed E-state index contributed by atoms with van der Waals surface area (Å²) in [5, 5.41) is 0. The lowest BCUT2D eigenvalue weighted by Crippen LogP contribution is -2.07. The molecule has 2 aromatic rings. The van der Waals surface area contributed by atoms with Gasteiger partial charge >= 0.3 is 0 Å². The smallest absolute Gasteiger partial charge is 0.127 e. The van der Waals surface area contributed by atoms with E-state index in [0.717, 1.165) is 23.0 Å². The number of rotatable bonds is 3. The van der Waals surface area contributed by atoms with Gasteiger partial charge in [-0.2, -0.15) is 0 Å². The number of aryl methyl sites for hydroxylation is 1. The Bertz CT molecular complexity index is 474. The van der Waals surface area contributed by atoms with E-state index in [1.165, 1.54) is 0 Å². The van der Waals surface area contributed by atoms with Crippen molar-refractivity contribution in [1.29, 1.82) is 0 Å². The van der Waals surface area contributed by atoms with Crippen LogP contribution in [0.3, 0.4) is 0 Å². The molecule has 4 nitrogen and oxygen atoms in total. The van der Waals surface area contributed by atoms with Gasteiger partial charge in [-0.3, -0.25) is 4.57 Å². The molecular weight excluding hydrogens is 202 g/mol. The third-order valence-electron chi connectivity index (χ3n) is 2.52. The number of hydrogen-bond acceptors (Lipinski definition) is 3. The molecule has 16 heavy (non-hydrogen) atoms. The molecular formula is C12H15N3O. The molecule has 1 aromatic heterocycles. The van der Waals surface area contributed by atoms with E-state index in [9.17, 15) is 0 Å². The Kier molecular flexibility index (Phi) is 2.92. The highest BCUT2D eigenvalue weighted by atomic mass is 16.5. The first kappa shape index (κ1) is 10.7. The molecule has 4 heteroatoms. The van der Waals surface area contributed by atoms with Crippen molar-refractivity contribution in [2.24, 2.45) is 5.73 Å². The first-order chi connectivity index (χ1) is 7.76. The summed E-state index contributed by atoms with van der Waals surface area (Å²) in [7, 11) is 1.66. The molecule has 0 fully saturated rings. The zero-order chi connectivity index (χ0) is 11.5. The largest absolute Gasteiger partial charge is 0.497 e. The number of hydrogen-bond donors (Lipinski definition) is 1. The zero-order valence-electron chi connectivity index (χ0n) is 9.47. The van der Waals surface area contributed by atoms with E-state index in [4.69, 9.17) is 10.5 Å². The monoisotopic (exact) mass is 217 g/mol. The number of imidazole rings is 1. The van der Waals surface area contributed by atoms with Gasteiger partial charge in [-0.1, -0.05) is 0 Å². The lowest BCUT2D eigenvalue weighted by atomic mass is 10.3. The molecule has 0 atom stereocenters. The fraction of sp³-hybridized carbons (Fsp3) is 0.250. The lowest BCUT2D eigenvalue weighted by Gasteiger charge is -2.09. The molecule has 0 radical (unpaired) electrons. The predicted molar refractivity (Wildman–Crippen MR) is 62.7 cm³/mol. The average Bonchev–Trinajstić information content (AvgIpc) is 2.70. The molecule has 0 aliphatic rings. The van der Waals surface area contributed by atoms with Crippen LogP contribution in [-0.2, 0) is 6.54 Å². The maximum Gasteiger partial charge on any atom is 0.127 e. The summed E-state index contributed by atoms with van der Waals surface area (Å²) in [6.45, 7) is 2.44. The predicted octanol–water partition coefficient (Wildman–Crippen LogP) is 1.65. The summed E-state index contributed by atoms with van der Waals surface area (Å²) >= 11 is 0. The molecule has 0 bridgehead atoms. The minimum Gasteiger partial charge on any atom is -0.497 e. The van der Waals surface area contributed by atoms with E-state index >= 15 is 0 Å². The Balaban J connectivity index is 2.45. The molecule has 0 aliphatic heterocycles. The number of methoxy groups -OCH3 is 1. The first-order valence-electron chi connectivity index (χ1n) is 5.14. The fourth-order valence-electron chi connectivity index (χ4n) is 1.71. The average molecular weight is 217 g/mol. The first-order valence-corrected chi connectivity index (χ1v) is 5.14. The summed E-state index contributed by atoms with van der Waals surface area (Å²) in [6.07, 6.45) is 1.83. The Morgan fingerprint density at radius 2 is 2.00 bits per heavy atom. The summed E-state index contributed by atoms with van der Waals surface area (Å²) in [6, 6.07) is 7.84. The van der Waals surface area contributed by atoms with Gasteiger partial charge in [0.1, 0.15) is 11.6 Å². The van der Waals surface area contributed by atoms with Gasteiger partial charge in [0.25, 0.3) is 0 Å². The molecule has 0 aliphatic carbocycles. The van der Waals surface area contributed by atoms with Crippen LogP contribution in [0.5, 0.6) is 5.75 Å². The number of aromatic nitrogens is 2. The van der Waals surface area contributed by atoms with Gasteiger partial charge in [0, 0.05) is 17.6 Å². The fourth-order valence-corrected chi connectivity index (χ4v) is 1.71. The van der Waals surface area contributed by atoms with Gasteiger partial charge in [-0.05, 0) is 31.2 Å². The zero-order valence-corrected chi connectivity index (χ0v) is 9.47. The van der Waals surface area contributed by atoms with E-state index < -0.39 is 0 Å². The van der Waals surface area contributed by atoms with Crippen molar-refractivity contribution in [3.8, 4) is 11.4 Å². The Labute approximate surface area is 94.7 Å². The summed E-state index contributed by atoms with van der Waals surface area (Å²) in [5.41, 5.74) is 7.78. The molecule has 1 aromatic carbocycles. The van der Waals surface area contributed by atoms with Crippen LogP contribution >= 0.6 is 0 Å². The summed E-state index contributed by atoms with van der Waals surface area (Å²) in [4.78, 5) is 4.26. The van der Waals surface area contributed by atoms with Crippen molar-refractivity contribution in [1.82, 2.24) is 9.55 Å². The molecule has 2 N–H and O–H groups in total. The van der Waals surface area contributed by atoms with E-state index in [2.05, 4.69) is 4.98 Å². The van der Waals surface area contributed by atoms with Crippen molar-refractivity contribution in [2.45, 2.75) is 13.5 Å². The molecule has 1 heterocycles. The standard InChI is InChI=1S/C12H15N3O/c1-9-8-14-12(7-13)15(9)10-3-5-11(16-2)6-4-10/h3-6,8H,7,13H2,1-2H3. The quantitative estimate of drug-likeness (QED) is 0.850. The van der Waals surface area contributed by atoms with Gasteiger partial charge in [-0.15, -0.1) is 0 Å². The molecule has 0 saturated heterocycles. The van der Waals surface area contributed by atoms with Gasteiger partial charge in [0.05, 0.1) is 13.7 Å². The van der Waals surface area contributed by atoms with Gasteiger partial charge < -0.3 is 10.5 Å². The van der Waals surface area contributed by atoms with Crippen molar-refractivity contribution in [3.05, 3.63) is 42.0 Å². The van der Waals surface area contributed by atoms with Crippen LogP contribution in [0.1, 0.15) is 11.5 Å². The van der Waals surface area contributed by atoms with Crippen molar-refractivity contribution in [3.63, 3.8) is 0 Å². The molecule has 2 rings (SSSR count). The van der Waals surface area contributed by atoms with Crippen molar-refractivity contribution < 1.29 is 4.74 Å². The van der Waals surface area contributed by atoms with E-state index in [1.54, 1.807) is 7.11 Å². The second-order valence-electron chi connectivity index (χ2n) is 3.55. The van der Waals surface area contributed by atoms with Gasteiger partial charge in [0.15, 0.2) is 0 Å². The third kappa shape index (κ3) is 1.79. The van der Waals surface area contributed by atoms with E-state index in [1.807, 2.05) is 42.0 Å². The molecule has 0 spiro atoms. The normalized spacial score (nSPS) is 10.4. The highest BCUT2D eigenvalue weighted by molar-refractivity contribution is 5.39. The Morgan fingerprint density at radius 1 is 1.31 bits per heavy atom. The molecule has 84 valence electrons. The highest BCUT2D eigenvalue weighted by Crippen LogP contribution is 2.18. The number of nitrogens with two attached hydrogens (primary N) is 1.